The highest BCUT2D eigenvalue weighted by Crippen LogP contribution is 2.20. The number of carbonyl (C=O) groups is 1. The van der Waals surface area contributed by atoms with Gasteiger partial charge in [-0.25, -0.2) is 0 Å². The van der Waals surface area contributed by atoms with Gasteiger partial charge in [-0.15, -0.1) is 0 Å². The van der Waals surface area contributed by atoms with E-state index in [0.29, 0.717) is 18.9 Å². The number of ether oxygens (including phenoxy) is 1. The Bertz CT molecular complexity index is 952. The Morgan fingerprint density at radius 3 is 2.69 bits per heavy atom. The average Bonchev–Trinajstić information content (AvgIpc) is 3.25. The van der Waals surface area contributed by atoms with Crippen molar-refractivity contribution >= 4 is 5.91 Å². The maximum absolute atomic E-state index is 12.6. The summed E-state index contributed by atoms with van der Waals surface area (Å²) in [5.74, 6) is 0.877. The van der Waals surface area contributed by atoms with Gasteiger partial charge in [0.1, 0.15) is 12.4 Å². The first kappa shape index (κ1) is 19.3. The van der Waals surface area contributed by atoms with Gasteiger partial charge in [0.2, 0.25) is 0 Å². The molecule has 1 atom stereocenters. The lowest BCUT2D eigenvalue weighted by Crippen LogP contribution is -2.44. The number of benzene rings is 2. The summed E-state index contributed by atoms with van der Waals surface area (Å²) in [6, 6.07) is 20.1. The van der Waals surface area contributed by atoms with Crippen molar-refractivity contribution in [2.45, 2.75) is 32.5 Å². The maximum Gasteiger partial charge on any atom is 0.287 e. The first-order valence-electron chi connectivity index (χ1n) is 10.0. The molecule has 1 aliphatic rings. The van der Waals surface area contributed by atoms with Crippen LogP contribution < -0.4 is 10.1 Å². The molecule has 3 aromatic rings. The SMILES string of the molecule is CC(CNC(=O)c1occc1COc1ccccc1)N1CCc2ccccc2C1. The van der Waals surface area contributed by atoms with E-state index in [2.05, 4.69) is 41.4 Å². The topological polar surface area (TPSA) is 54.7 Å². The molecule has 2 aromatic carbocycles. The van der Waals surface area contributed by atoms with Crippen molar-refractivity contribution in [3.05, 3.63) is 89.4 Å². The smallest absolute Gasteiger partial charge is 0.287 e. The number of amides is 1. The van der Waals surface area contributed by atoms with Crippen LogP contribution in [-0.2, 0) is 19.6 Å². The van der Waals surface area contributed by atoms with Crippen LogP contribution in [0.1, 0.15) is 34.2 Å². The van der Waals surface area contributed by atoms with Gasteiger partial charge in [-0.3, -0.25) is 9.69 Å². The van der Waals surface area contributed by atoms with Gasteiger partial charge in [-0.05, 0) is 42.7 Å². The van der Waals surface area contributed by atoms with E-state index in [1.54, 1.807) is 6.07 Å². The molecular formula is C24H26N2O3. The summed E-state index contributed by atoms with van der Waals surface area (Å²) in [7, 11) is 0. The lowest BCUT2D eigenvalue weighted by molar-refractivity contribution is 0.0901. The van der Waals surface area contributed by atoms with Gasteiger partial charge in [0, 0.05) is 31.2 Å². The van der Waals surface area contributed by atoms with Crippen LogP contribution >= 0.6 is 0 Å². The largest absolute Gasteiger partial charge is 0.489 e. The van der Waals surface area contributed by atoms with Crippen LogP contribution in [-0.4, -0.2) is 29.9 Å². The van der Waals surface area contributed by atoms with Crippen molar-refractivity contribution in [2.24, 2.45) is 0 Å². The van der Waals surface area contributed by atoms with E-state index in [1.165, 1.54) is 17.4 Å². The van der Waals surface area contributed by atoms with Crippen molar-refractivity contribution < 1.29 is 13.9 Å². The van der Waals surface area contributed by atoms with Gasteiger partial charge in [0.25, 0.3) is 5.91 Å². The van der Waals surface area contributed by atoms with Crippen molar-refractivity contribution in [2.75, 3.05) is 13.1 Å². The number of furan rings is 1. The predicted molar refractivity (Wildman–Crippen MR) is 112 cm³/mol. The Morgan fingerprint density at radius 1 is 1.10 bits per heavy atom. The molecule has 150 valence electrons. The van der Waals surface area contributed by atoms with Crippen LogP contribution in [0.5, 0.6) is 5.75 Å². The number of nitrogens with one attached hydrogen (secondary N) is 1. The molecule has 0 spiro atoms. The second-order valence-electron chi connectivity index (χ2n) is 7.42. The van der Waals surface area contributed by atoms with E-state index >= 15 is 0 Å². The molecule has 1 N–H and O–H groups in total. The molecule has 0 radical (unpaired) electrons. The molecule has 29 heavy (non-hydrogen) atoms. The Balaban J connectivity index is 1.30. The predicted octanol–water partition coefficient (Wildman–Crippen LogP) is 4.04. The Morgan fingerprint density at radius 2 is 1.86 bits per heavy atom. The van der Waals surface area contributed by atoms with Crippen molar-refractivity contribution in [3.63, 3.8) is 0 Å². The zero-order chi connectivity index (χ0) is 20.1. The maximum atomic E-state index is 12.6. The third-order valence-corrected chi connectivity index (χ3v) is 5.43. The Labute approximate surface area is 171 Å². The number of nitrogens with zero attached hydrogens (tertiary/aromatic N) is 1. The summed E-state index contributed by atoms with van der Waals surface area (Å²) in [6.45, 7) is 4.94. The number of carbonyl (C=O) groups excluding carboxylic acids is 1. The number of hydrogen-bond donors (Lipinski definition) is 1. The zero-order valence-electron chi connectivity index (χ0n) is 16.6. The van der Waals surface area contributed by atoms with Gasteiger partial charge in [-0.2, -0.15) is 0 Å². The second-order valence-corrected chi connectivity index (χ2v) is 7.42. The fraction of sp³-hybridized carbons (Fsp3) is 0.292. The summed E-state index contributed by atoms with van der Waals surface area (Å²) in [5.41, 5.74) is 3.55. The second kappa shape index (κ2) is 8.97. The van der Waals surface area contributed by atoms with Crippen molar-refractivity contribution in [1.29, 1.82) is 0 Å². The number of para-hydroxylation sites is 1. The highest BCUT2D eigenvalue weighted by molar-refractivity contribution is 5.92. The van der Waals surface area contributed by atoms with Gasteiger partial charge < -0.3 is 14.5 Å². The van der Waals surface area contributed by atoms with Gasteiger partial charge in [0.05, 0.1) is 6.26 Å². The summed E-state index contributed by atoms with van der Waals surface area (Å²) in [5, 5.41) is 3.01. The van der Waals surface area contributed by atoms with E-state index in [9.17, 15) is 4.79 Å². The van der Waals surface area contributed by atoms with Crippen LogP contribution in [0.2, 0.25) is 0 Å². The van der Waals surface area contributed by atoms with Crippen LogP contribution in [0.3, 0.4) is 0 Å². The average molecular weight is 390 g/mol. The molecule has 0 bridgehead atoms. The first-order valence-corrected chi connectivity index (χ1v) is 10.0. The number of fused-ring (bicyclic) bond motifs is 1. The van der Waals surface area contributed by atoms with E-state index in [4.69, 9.17) is 9.15 Å². The molecule has 1 aliphatic heterocycles. The van der Waals surface area contributed by atoms with Crippen LogP contribution in [0.15, 0.2) is 71.3 Å². The van der Waals surface area contributed by atoms with E-state index in [0.717, 1.165) is 30.8 Å². The third kappa shape index (κ3) is 4.69. The number of rotatable bonds is 7. The summed E-state index contributed by atoms with van der Waals surface area (Å²) >= 11 is 0. The molecule has 4 rings (SSSR count). The Hall–Kier alpha value is -3.05. The molecule has 1 aromatic heterocycles. The summed E-state index contributed by atoms with van der Waals surface area (Å²) < 4.78 is 11.2. The highest BCUT2D eigenvalue weighted by atomic mass is 16.5. The molecule has 5 heteroatoms. The zero-order valence-corrected chi connectivity index (χ0v) is 16.6. The third-order valence-electron chi connectivity index (χ3n) is 5.43. The molecule has 5 nitrogen and oxygen atoms in total. The molecule has 0 saturated carbocycles. The Kier molecular flexibility index (Phi) is 5.96. The summed E-state index contributed by atoms with van der Waals surface area (Å²) in [6.07, 6.45) is 2.58. The van der Waals surface area contributed by atoms with Gasteiger partial charge in [-0.1, -0.05) is 42.5 Å². The molecule has 0 saturated heterocycles. The van der Waals surface area contributed by atoms with Crippen LogP contribution in [0.25, 0.3) is 0 Å². The number of hydrogen-bond acceptors (Lipinski definition) is 4. The van der Waals surface area contributed by atoms with Gasteiger partial charge in [0.15, 0.2) is 5.76 Å². The lowest BCUT2D eigenvalue weighted by atomic mass is 9.99. The first-order chi connectivity index (χ1) is 14.2. The van der Waals surface area contributed by atoms with Crippen molar-refractivity contribution in [1.82, 2.24) is 10.2 Å². The molecule has 1 unspecified atom stereocenters. The van der Waals surface area contributed by atoms with Crippen LogP contribution in [0, 0.1) is 0 Å². The van der Waals surface area contributed by atoms with E-state index < -0.39 is 0 Å². The molecular weight excluding hydrogens is 364 g/mol. The minimum absolute atomic E-state index is 0.203. The fourth-order valence-electron chi connectivity index (χ4n) is 3.67. The standard InChI is InChI=1S/C24H26N2O3/c1-18(26-13-11-19-7-5-6-8-20(19)16-26)15-25-24(27)23-21(12-14-28-23)17-29-22-9-3-2-4-10-22/h2-10,12,14,18H,11,13,15-17H2,1H3,(H,25,27). The molecule has 0 fully saturated rings. The van der Waals surface area contributed by atoms with Crippen LogP contribution in [0.4, 0.5) is 0 Å². The molecule has 1 amide bonds. The van der Waals surface area contributed by atoms with Gasteiger partial charge >= 0.3 is 0 Å². The lowest BCUT2D eigenvalue weighted by Gasteiger charge is -2.33. The molecule has 0 aliphatic carbocycles. The van der Waals surface area contributed by atoms with E-state index in [-0.39, 0.29) is 11.9 Å². The normalized spacial score (nSPS) is 14.8. The molecule has 2 heterocycles. The van der Waals surface area contributed by atoms with Crippen molar-refractivity contribution in [3.8, 4) is 5.75 Å². The highest BCUT2D eigenvalue weighted by Gasteiger charge is 2.22. The summed E-state index contributed by atoms with van der Waals surface area (Å²) in [4.78, 5) is 15.1. The minimum Gasteiger partial charge on any atom is -0.489 e. The minimum atomic E-state index is -0.203. The monoisotopic (exact) mass is 390 g/mol. The van der Waals surface area contributed by atoms with E-state index in [1.807, 2.05) is 30.3 Å². The fourth-order valence-corrected chi connectivity index (χ4v) is 3.67. The quantitative estimate of drug-likeness (QED) is 0.662.